The molecule has 1 aromatic heterocycles. The van der Waals surface area contributed by atoms with Crippen LogP contribution in [-0.2, 0) is 9.59 Å². The number of aryl methyl sites for hydroxylation is 3. The second-order valence-electron chi connectivity index (χ2n) is 7.34. The average molecular weight is 409 g/mol. The maximum Gasteiger partial charge on any atom is 0.251 e. The summed E-state index contributed by atoms with van der Waals surface area (Å²) in [4.78, 5) is 25.2. The Morgan fingerprint density at radius 3 is 2.62 bits per heavy atom. The maximum atomic E-state index is 12.6. The molecule has 2 N–H and O–H groups in total. The highest BCUT2D eigenvalue weighted by molar-refractivity contribution is 6.31. The van der Waals surface area contributed by atoms with Crippen molar-refractivity contribution in [1.82, 2.24) is 9.78 Å². The Morgan fingerprint density at radius 2 is 1.90 bits per heavy atom. The van der Waals surface area contributed by atoms with Crippen molar-refractivity contribution in [2.75, 3.05) is 10.6 Å². The van der Waals surface area contributed by atoms with E-state index in [0.717, 1.165) is 27.9 Å². The lowest BCUT2D eigenvalue weighted by molar-refractivity contribution is -0.123. The van der Waals surface area contributed by atoms with Crippen LogP contribution in [0.3, 0.4) is 0 Å². The third-order valence-corrected chi connectivity index (χ3v) is 5.35. The molecule has 2 heterocycles. The number of carbonyl (C=O) groups excluding carboxylic acids is 2. The van der Waals surface area contributed by atoms with Crippen molar-refractivity contribution < 1.29 is 9.59 Å². The second kappa shape index (κ2) is 7.37. The van der Waals surface area contributed by atoms with Crippen molar-refractivity contribution in [2.24, 2.45) is 0 Å². The minimum Gasteiger partial charge on any atom is -0.326 e. The first-order valence-corrected chi connectivity index (χ1v) is 9.74. The fraction of sp³-hybridized carbons (Fsp3) is 0.227. The van der Waals surface area contributed by atoms with E-state index in [1.54, 1.807) is 16.8 Å². The quantitative estimate of drug-likeness (QED) is 0.659. The fourth-order valence-electron chi connectivity index (χ4n) is 3.55. The second-order valence-corrected chi connectivity index (χ2v) is 7.77. The summed E-state index contributed by atoms with van der Waals surface area (Å²) in [6, 6.07) is 12.7. The van der Waals surface area contributed by atoms with E-state index in [9.17, 15) is 9.59 Å². The number of benzene rings is 2. The number of carbonyl (C=O) groups is 2. The van der Waals surface area contributed by atoms with Gasteiger partial charge in [-0.25, -0.2) is 4.68 Å². The summed E-state index contributed by atoms with van der Waals surface area (Å²) in [5.41, 5.74) is 5.36. The highest BCUT2D eigenvalue weighted by Gasteiger charge is 2.36. The summed E-state index contributed by atoms with van der Waals surface area (Å²) in [7, 11) is 0. The van der Waals surface area contributed by atoms with Crippen LogP contribution in [0, 0.1) is 20.8 Å². The van der Waals surface area contributed by atoms with Crippen LogP contribution in [0.2, 0.25) is 5.02 Å². The van der Waals surface area contributed by atoms with E-state index < -0.39 is 6.04 Å². The molecule has 7 heteroatoms. The molecule has 0 saturated heterocycles. The highest BCUT2D eigenvalue weighted by Crippen LogP contribution is 2.38. The van der Waals surface area contributed by atoms with Gasteiger partial charge in [-0.15, -0.1) is 0 Å². The first-order valence-electron chi connectivity index (χ1n) is 9.36. The molecule has 0 fully saturated rings. The Morgan fingerprint density at radius 1 is 1.17 bits per heavy atom. The molecule has 3 aromatic rings. The molecule has 0 bridgehead atoms. The summed E-state index contributed by atoms with van der Waals surface area (Å²) in [5.74, 6) is 0.125. The molecule has 4 rings (SSSR count). The Labute approximate surface area is 173 Å². The van der Waals surface area contributed by atoms with Crippen LogP contribution in [-0.4, -0.2) is 21.6 Å². The minimum atomic E-state index is -0.692. The lowest BCUT2D eigenvalue weighted by atomic mass is 10.0. The molecule has 0 radical (unpaired) electrons. The fourth-order valence-corrected chi connectivity index (χ4v) is 3.73. The van der Waals surface area contributed by atoms with Crippen LogP contribution in [0.4, 0.5) is 11.5 Å². The molecule has 1 aliphatic rings. The summed E-state index contributed by atoms with van der Waals surface area (Å²) in [5, 5.41) is 10.8. The lowest BCUT2D eigenvalue weighted by Crippen LogP contribution is -2.24. The van der Waals surface area contributed by atoms with E-state index in [-0.39, 0.29) is 18.2 Å². The maximum absolute atomic E-state index is 12.6. The lowest BCUT2D eigenvalue weighted by Gasteiger charge is -2.12. The Balaban J connectivity index is 1.59. The van der Waals surface area contributed by atoms with Crippen molar-refractivity contribution in [3.8, 4) is 11.1 Å². The molecule has 2 amide bonds. The highest BCUT2D eigenvalue weighted by atomic mass is 35.5. The number of hydrogen-bond acceptors (Lipinski definition) is 3. The summed E-state index contributed by atoms with van der Waals surface area (Å²) in [6.45, 7) is 5.81. The van der Waals surface area contributed by atoms with Gasteiger partial charge >= 0.3 is 0 Å². The third-order valence-electron chi connectivity index (χ3n) is 5.12. The molecule has 1 aliphatic heterocycles. The number of nitrogens with one attached hydrogen (secondary N) is 2. The van der Waals surface area contributed by atoms with Crippen molar-refractivity contribution in [1.29, 1.82) is 0 Å². The van der Waals surface area contributed by atoms with Crippen LogP contribution in [0.15, 0.2) is 42.5 Å². The summed E-state index contributed by atoms with van der Waals surface area (Å²) >= 11 is 6.02. The van der Waals surface area contributed by atoms with Crippen molar-refractivity contribution in [2.45, 2.75) is 33.2 Å². The van der Waals surface area contributed by atoms with Gasteiger partial charge in [-0.3, -0.25) is 9.59 Å². The summed E-state index contributed by atoms with van der Waals surface area (Å²) in [6.07, 6.45) is -0.0146. The zero-order chi connectivity index (χ0) is 20.7. The smallest absolute Gasteiger partial charge is 0.251 e. The van der Waals surface area contributed by atoms with E-state index in [1.165, 1.54) is 0 Å². The van der Waals surface area contributed by atoms with Gasteiger partial charge in [0.25, 0.3) is 5.91 Å². The first-order chi connectivity index (χ1) is 13.8. The molecule has 6 nitrogen and oxygen atoms in total. The van der Waals surface area contributed by atoms with E-state index in [0.29, 0.717) is 16.5 Å². The van der Waals surface area contributed by atoms with Crippen molar-refractivity contribution in [3.63, 3.8) is 0 Å². The van der Waals surface area contributed by atoms with E-state index in [4.69, 9.17) is 11.6 Å². The van der Waals surface area contributed by atoms with E-state index in [1.807, 2.05) is 51.1 Å². The van der Waals surface area contributed by atoms with Gasteiger partial charge in [-0.05, 0) is 44.0 Å². The molecule has 1 unspecified atom stereocenters. The molecule has 0 spiro atoms. The molecule has 1 atom stereocenters. The SMILES string of the molecule is Cc1ccc(-c2c(C)nn3c2NC(=O)C3CC(=O)Nc2cc(Cl)ccc2C)cc1. The number of amides is 2. The number of halogens is 1. The van der Waals surface area contributed by atoms with Crippen LogP contribution >= 0.6 is 11.6 Å². The van der Waals surface area contributed by atoms with Gasteiger partial charge in [-0.2, -0.15) is 5.10 Å². The number of nitrogens with zero attached hydrogens (tertiary/aromatic N) is 2. The Kier molecular flexibility index (Phi) is 4.88. The standard InChI is InChI=1S/C22H21ClN4O2/c1-12-4-7-15(8-5-12)20-14(3)26-27-18(22(29)25-21(20)27)11-19(28)24-17-10-16(23)9-6-13(17)2/h4-10,18H,11H2,1-3H3,(H,24,28)(H,25,29). The monoisotopic (exact) mass is 408 g/mol. The normalized spacial score (nSPS) is 15.2. The van der Waals surface area contributed by atoms with Crippen LogP contribution in [0.1, 0.15) is 29.3 Å². The number of aromatic nitrogens is 2. The zero-order valence-electron chi connectivity index (χ0n) is 16.4. The summed E-state index contributed by atoms with van der Waals surface area (Å²) < 4.78 is 1.62. The number of hydrogen-bond donors (Lipinski definition) is 2. The number of rotatable bonds is 4. The van der Waals surface area contributed by atoms with Gasteiger partial charge in [0.1, 0.15) is 11.9 Å². The van der Waals surface area contributed by atoms with Crippen molar-refractivity contribution >= 4 is 34.9 Å². The molecule has 29 heavy (non-hydrogen) atoms. The average Bonchev–Trinajstić information content (AvgIpc) is 3.13. The minimum absolute atomic E-state index is 0.0146. The van der Waals surface area contributed by atoms with Gasteiger partial charge in [-0.1, -0.05) is 47.5 Å². The van der Waals surface area contributed by atoms with Gasteiger partial charge in [0.2, 0.25) is 5.91 Å². The predicted molar refractivity (Wildman–Crippen MR) is 114 cm³/mol. The van der Waals surface area contributed by atoms with Gasteiger partial charge in [0.15, 0.2) is 0 Å². The third kappa shape index (κ3) is 3.63. The molecule has 2 aromatic carbocycles. The zero-order valence-corrected chi connectivity index (χ0v) is 17.2. The topological polar surface area (TPSA) is 76.0 Å². The first kappa shape index (κ1) is 19.2. The Bertz CT molecular complexity index is 1120. The van der Waals surface area contributed by atoms with Gasteiger partial charge < -0.3 is 10.6 Å². The van der Waals surface area contributed by atoms with Gasteiger partial charge in [0, 0.05) is 16.3 Å². The van der Waals surface area contributed by atoms with Crippen LogP contribution < -0.4 is 10.6 Å². The Hall–Kier alpha value is -3.12. The molecular formula is C22H21ClN4O2. The molecule has 0 aliphatic carbocycles. The van der Waals surface area contributed by atoms with Crippen LogP contribution in [0.25, 0.3) is 11.1 Å². The van der Waals surface area contributed by atoms with E-state index >= 15 is 0 Å². The predicted octanol–water partition coefficient (Wildman–Crippen LogP) is 4.65. The molecular weight excluding hydrogens is 388 g/mol. The molecule has 148 valence electrons. The molecule has 0 saturated carbocycles. The number of fused-ring (bicyclic) bond motifs is 1. The van der Waals surface area contributed by atoms with Crippen LogP contribution in [0.5, 0.6) is 0 Å². The van der Waals surface area contributed by atoms with Gasteiger partial charge in [0.05, 0.1) is 12.1 Å². The largest absolute Gasteiger partial charge is 0.326 e. The van der Waals surface area contributed by atoms with E-state index in [2.05, 4.69) is 15.7 Å². The van der Waals surface area contributed by atoms with Crippen molar-refractivity contribution in [3.05, 3.63) is 64.3 Å². The number of anilines is 2.